The Hall–Kier alpha value is -3.76. The van der Waals surface area contributed by atoms with Crippen molar-refractivity contribution in [2.24, 2.45) is 0 Å². The molecule has 4 rings (SSSR count). The summed E-state index contributed by atoms with van der Waals surface area (Å²) in [5.74, 6) is -2.27. The zero-order chi connectivity index (χ0) is 24.3. The van der Waals surface area contributed by atoms with Crippen molar-refractivity contribution < 1.29 is 23.1 Å². The van der Waals surface area contributed by atoms with E-state index in [0.29, 0.717) is 23.1 Å². The first-order chi connectivity index (χ1) is 16.3. The number of H-pyrrole nitrogens is 1. The first kappa shape index (κ1) is 23.4. The van der Waals surface area contributed by atoms with Crippen LogP contribution >= 0.6 is 0 Å². The third kappa shape index (κ3) is 4.50. The van der Waals surface area contributed by atoms with E-state index in [-0.39, 0.29) is 23.3 Å². The third-order valence-electron chi connectivity index (χ3n) is 5.71. The molecule has 2 heterocycles. The number of hydrogen-bond acceptors (Lipinski definition) is 5. The number of tetrazole rings is 1. The first-order valence-electron chi connectivity index (χ1n) is 11.0. The molecule has 2 aromatic carbocycles. The van der Waals surface area contributed by atoms with Gasteiger partial charge in [0.25, 0.3) is 0 Å². The Kier molecular flexibility index (Phi) is 6.62. The molecule has 0 amide bonds. The minimum Gasteiger partial charge on any atom is -0.480 e. The van der Waals surface area contributed by atoms with Crippen LogP contribution in [0.3, 0.4) is 0 Å². The Morgan fingerprint density at radius 3 is 2.44 bits per heavy atom. The minimum absolute atomic E-state index is 0.0607. The number of unbranched alkanes of at least 4 members (excludes halogenated alkanes) is 3. The van der Waals surface area contributed by atoms with Gasteiger partial charge in [0.05, 0.1) is 11.0 Å². The third-order valence-corrected chi connectivity index (χ3v) is 5.71. The SMILES string of the molecule is CCCCCCC(C(=O)O)n1c(C(F)(F)F)nc2c(-c3ccccc3-c3nn[nH]n3)cccc21. The Labute approximate surface area is 192 Å². The average Bonchev–Trinajstić information content (AvgIpc) is 3.47. The van der Waals surface area contributed by atoms with Crippen molar-refractivity contribution in [1.29, 1.82) is 0 Å². The molecule has 2 aromatic heterocycles. The number of carbonyl (C=O) groups is 1. The lowest BCUT2D eigenvalue weighted by molar-refractivity contribution is -0.151. The highest BCUT2D eigenvalue weighted by molar-refractivity contribution is 5.97. The van der Waals surface area contributed by atoms with Crippen LogP contribution in [0.15, 0.2) is 42.5 Å². The predicted molar refractivity (Wildman–Crippen MR) is 119 cm³/mol. The van der Waals surface area contributed by atoms with E-state index >= 15 is 0 Å². The number of carboxylic acid groups (broad SMARTS) is 1. The van der Waals surface area contributed by atoms with E-state index in [1.165, 1.54) is 6.07 Å². The number of aromatic nitrogens is 6. The number of fused-ring (bicyclic) bond motifs is 1. The number of alkyl halides is 3. The van der Waals surface area contributed by atoms with Gasteiger partial charge in [-0.3, -0.25) is 0 Å². The van der Waals surface area contributed by atoms with E-state index in [9.17, 15) is 23.1 Å². The second-order valence-electron chi connectivity index (χ2n) is 7.96. The van der Waals surface area contributed by atoms with Crippen molar-refractivity contribution in [2.75, 3.05) is 0 Å². The summed E-state index contributed by atoms with van der Waals surface area (Å²) in [6.45, 7) is 2.01. The molecule has 0 saturated heterocycles. The van der Waals surface area contributed by atoms with Crippen LogP contribution < -0.4 is 0 Å². The summed E-state index contributed by atoms with van der Waals surface area (Å²) in [7, 11) is 0. The van der Waals surface area contributed by atoms with E-state index in [2.05, 4.69) is 25.6 Å². The average molecular weight is 472 g/mol. The number of nitrogens with one attached hydrogen (secondary N) is 1. The monoisotopic (exact) mass is 472 g/mol. The molecule has 0 spiro atoms. The predicted octanol–water partition coefficient (Wildman–Crippen LogP) is 5.50. The van der Waals surface area contributed by atoms with Crippen LogP contribution in [-0.4, -0.2) is 41.3 Å². The summed E-state index contributed by atoms with van der Waals surface area (Å²) >= 11 is 0. The molecule has 0 saturated carbocycles. The summed E-state index contributed by atoms with van der Waals surface area (Å²) in [6.07, 6.45) is -1.68. The van der Waals surface area contributed by atoms with Gasteiger partial charge in [-0.15, -0.1) is 10.2 Å². The van der Waals surface area contributed by atoms with E-state index in [0.717, 1.165) is 23.8 Å². The van der Waals surface area contributed by atoms with Crippen molar-refractivity contribution >= 4 is 17.0 Å². The molecule has 11 heteroatoms. The zero-order valence-corrected chi connectivity index (χ0v) is 18.4. The van der Waals surface area contributed by atoms with Gasteiger partial charge in [0.15, 0.2) is 0 Å². The Morgan fingerprint density at radius 1 is 1.06 bits per heavy atom. The van der Waals surface area contributed by atoms with Crippen LogP contribution in [0.1, 0.15) is 50.9 Å². The molecule has 8 nitrogen and oxygen atoms in total. The van der Waals surface area contributed by atoms with Gasteiger partial charge in [-0.25, -0.2) is 9.78 Å². The van der Waals surface area contributed by atoms with Gasteiger partial charge in [-0.2, -0.15) is 18.4 Å². The van der Waals surface area contributed by atoms with Crippen LogP contribution in [0.25, 0.3) is 33.5 Å². The molecule has 178 valence electrons. The van der Waals surface area contributed by atoms with Crippen molar-refractivity contribution in [3.8, 4) is 22.5 Å². The summed E-state index contributed by atoms with van der Waals surface area (Å²) < 4.78 is 43.1. The van der Waals surface area contributed by atoms with Crippen LogP contribution in [0.4, 0.5) is 13.2 Å². The van der Waals surface area contributed by atoms with Gasteiger partial charge in [-0.1, -0.05) is 69.0 Å². The first-order valence-corrected chi connectivity index (χ1v) is 11.0. The highest BCUT2D eigenvalue weighted by Crippen LogP contribution is 2.40. The molecule has 0 fully saturated rings. The van der Waals surface area contributed by atoms with Crippen LogP contribution in [0.2, 0.25) is 0 Å². The molecule has 0 bridgehead atoms. The van der Waals surface area contributed by atoms with E-state index < -0.39 is 24.0 Å². The number of imidazole rings is 1. The van der Waals surface area contributed by atoms with Crippen LogP contribution in [0, 0.1) is 0 Å². The van der Waals surface area contributed by atoms with Gasteiger partial charge >= 0.3 is 12.1 Å². The van der Waals surface area contributed by atoms with Gasteiger partial charge in [0.2, 0.25) is 11.6 Å². The number of aliphatic carboxylic acids is 1. The largest absolute Gasteiger partial charge is 0.480 e. The molecule has 1 atom stereocenters. The Balaban J connectivity index is 1.91. The molecule has 34 heavy (non-hydrogen) atoms. The highest BCUT2D eigenvalue weighted by atomic mass is 19.4. The van der Waals surface area contributed by atoms with E-state index in [1.807, 2.05) is 6.92 Å². The molecule has 0 aliphatic carbocycles. The molecule has 0 aliphatic rings. The van der Waals surface area contributed by atoms with Crippen molar-refractivity contribution in [1.82, 2.24) is 30.2 Å². The number of benzene rings is 2. The molecule has 2 N–H and O–H groups in total. The Morgan fingerprint density at radius 2 is 1.79 bits per heavy atom. The number of halogens is 3. The van der Waals surface area contributed by atoms with E-state index in [1.54, 1.807) is 36.4 Å². The van der Waals surface area contributed by atoms with Gasteiger partial charge < -0.3 is 9.67 Å². The maximum atomic E-state index is 14.1. The molecular formula is C23H23F3N6O2. The minimum atomic E-state index is -4.83. The quantitative estimate of drug-likeness (QED) is 0.311. The molecule has 0 aliphatic heterocycles. The maximum absolute atomic E-state index is 14.1. The van der Waals surface area contributed by atoms with Crippen molar-refractivity contribution in [2.45, 2.75) is 51.2 Å². The van der Waals surface area contributed by atoms with Crippen molar-refractivity contribution in [3.05, 3.63) is 48.3 Å². The van der Waals surface area contributed by atoms with Crippen LogP contribution in [0.5, 0.6) is 0 Å². The molecule has 0 radical (unpaired) electrons. The standard InChI is InChI=1S/C23H23F3N6O2/c1-2-3-4-5-12-18(21(33)34)32-17-13-8-11-15(19(17)27-22(32)23(24,25)26)14-9-6-7-10-16(14)20-28-30-31-29-20/h6-11,13,18H,2-5,12H2,1H3,(H,33,34)(H,28,29,30,31). The number of nitrogens with zero attached hydrogens (tertiary/aromatic N) is 5. The van der Waals surface area contributed by atoms with Crippen LogP contribution in [-0.2, 0) is 11.0 Å². The summed E-state index contributed by atoms with van der Waals surface area (Å²) in [5, 5.41) is 23.8. The smallest absolute Gasteiger partial charge is 0.449 e. The molecule has 4 aromatic rings. The van der Waals surface area contributed by atoms with Gasteiger partial charge in [0, 0.05) is 11.1 Å². The summed E-state index contributed by atoms with van der Waals surface area (Å²) in [4.78, 5) is 16.0. The lowest BCUT2D eigenvalue weighted by Crippen LogP contribution is -2.25. The van der Waals surface area contributed by atoms with Gasteiger partial charge in [-0.05, 0) is 23.3 Å². The zero-order valence-electron chi connectivity index (χ0n) is 18.4. The lowest BCUT2D eigenvalue weighted by atomic mass is 9.98. The number of rotatable bonds is 9. The van der Waals surface area contributed by atoms with Crippen molar-refractivity contribution in [3.63, 3.8) is 0 Å². The number of hydrogen-bond donors (Lipinski definition) is 2. The normalized spacial score (nSPS) is 12.8. The second kappa shape index (κ2) is 9.62. The number of aromatic amines is 1. The fraction of sp³-hybridized carbons (Fsp3) is 0.348. The second-order valence-corrected chi connectivity index (χ2v) is 7.96. The summed E-state index contributed by atoms with van der Waals surface area (Å²) in [6, 6.07) is 10.3. The fourth-order valence-electron chi connectivity index (χ4n) is 4.17. The molecule has 1 unspecified atom stereocenters. The van der Waals surface area contributed by atoms with E-state index in [4.69, 9.17) is 0 Å². The highest BCUT2D eigenvalue weighted by Gasteiger charge is 2.41. The maximum Gasteiger partial charge on any atom is 0.449 e. The lowest BCUT2D eigenvalue weighted by Gasteiger charge is -2.19. The topological polar surface area (TPSA) is 110 Å². The number of carboxylic acids is 1. The van der Waals surface area contributed by atoms with Gasteiger partial charge in [0.1, 0.15) is 6.04 Å². The fourth-order valence-corrected chi connectivity index (χ4v) is 4.17. The summed E-state index contributed by atoms with van der Waals surface area (Å²) in [5.41, 5.74) is 1.70. The Bertz CT molecular complexity index is 1280. The molecular weight excluding hydrogens is 449 g/mol. The number of para-hydroxylation sites is 1.